The molecule has 2 aromatic rings. The molecule has 10 heteroatoms. The van der Waals surface area contributed by atoms with Gasteiger partial charge in [0.1, 0.15) is 0 Å². The van der Waals surface area contributed by atoms with Gasteiger partial charge in [-0.2, -0.15) is 0 Å². The number of carboxylic acids is 1. The Hall–Kier alpha value is -3.82. The second-order valence-corrected chi connectivity index (χ2v) is 4.91. The van der Waals surface area contributed by atoms with Crippen molar-refractivity contribution in [1.29, 1.82) is 0 Å². The molecule has 0 spiro atoms. The minimum absolute atomic E-state index is 0.281. The maximum absolute atomic E-state index is 12.3. The van der Waals surface area contributed by atoms with Gasteiger partial charge in [0, 0.05) is 12.1 Å². The number of rotatable bonds is 6. The van der Waals surface area contributed by atoms with Crippen LogP contribution >= 0.6 is 0 Å². The number of non-ortho nitro benzene ring substituents is 2. The molecule has 128 valence electrons. The van der Waals surface area contributed by atoms with Gasteiger partial charge in [-0.15, -0.1) is 0 Å². The number of carbonyl (C=O) groups excluding carboxylic acids is 1. The van der Waals surface area contributed by atoms with Crippen molar-refractivity contribution >= 4 is 23.3 Å². The summed E-state index contributed by atoms with van der Waals surface area (Å²) in [5, 5.41) is 33.2. The number of hydrogen-bond acceptors (Lipinski definition) is 6. The van der Waals surface area contributed by atoms with Crippen molar-refractivity contribution in [3.8, 4) is 0 Å². The van der Waals surface area contributed by atoms with Crippen LogP contribution in [0.1, 0.15) is 22.0 Å². The molecule has 0 fully saturated rings. The van der Waals surface area contributed by atoms with E-state index in [0.29, 0.717) is 6.07 Å². The topological polar surface area (TPSA) is 153 Å². The van der Waals surface area contributed by atoms with E-state index in [1.165, 1.54) is 12.1 Å². The van der Waals surface area contributed by atoms with E-state index in [-0.39, 0.29) is 11.1 Å². The van der Waals surface area contributed by atoms with Crippen LogP contribution in [0.5, 0.6) is 0 Å². The number of aliphatic carboxylic acids is 1. The van der Waals surface area contributed by atoms with Crippen molar-refractivity contribution < 1.29 is 24.5 Å². The first-order valence-corrected chi connectivity index (χ1v) is 6.82. The molecule has 0 unspecified atom stereocenters. The molecule has 25 heavy (non-hydrogen) atoms. The van der Waals surface area contributed by atoms with Crippen LogP contribution in [0.4, 0.5) is 11.4 Å². The highest BCUT2D eigenvalue weighted by Crippen LogP contribution is 2.23. The molecule has 0 radical (unpaired) electrons. The largest absolute Gasteiger partial charge is 0.479 e. The molecule has 0 bridgehead atoms. The Bertz CT molecular complexity index is 819. The van der Waals surface area contributed by atoms with E-state index >= 15 is 0 Å². The predicted octanol–water partition coefficient (Wildman–Crippen LogP) is 2.06. The highest BCUT2D eigenvalue weighted by molar-refractivity contribution is 5.98. The first kappa shape index (κ1) is 17.5. The normalized spacial score (nSPS) is 11.4. The summed E-state index contributed by atoms with van der Waals surface area (Å²) in [4.78, 5) is 43.6. The van der Waals surface area contributed by atoms with Crippen LogP contribution in [0, 0.1) is 20.2 Å². The van der Waals surface area contributed by atoms with E-state index in [1.54, 1.807) is 18.2 Å². The van der Waals surface area contributed by atoms with Gasteiger partial charge in [-0.05, 0) is 5.56 Å². The van der Waals surface area contributed by atoms with E-state index < -0.39 is 39.1 Å². The molecule has 0 heterocycles. The number of carbonyl (C=O) groups is 2. The van der Waals surface area contributed by atoms with Gasteiger partial charge in [0.15, 0.2) is 6.04 Å². The van der Waals surface area contributed by atoms with Gasteiger partial charge < -0.3 is 10.4 Å². The Morgan fingerprint density at radius 1 is 0.960 bits per heavy atom. The van der Waals surface area contributed by atoms with Gasteiger partial charge in [0.05, 0.1) is 21.5 Å². The lowest BCUT2D eigenvalue weighted by Crippen LogP contribution is -2.33. The van der Waals surface area contributed by atoms with Gasteiger partial charge in [-0.3, -0.25) is 25.0 Å². The lowest BCUT2D eigenvalue weighted by molar-refractivity contribution is -0.394. The third kappa shape index (κ3) is 4.13. The highest BCUT2D eigenvalue weighted by atomic mass is 16.6. The van der Waals surface area contributed by atoms with Crippen LogP contribution in [0.2, 0.25) is 0 Å². The summed E-state index contributed by atoms with van der Waals surface area (Å²) >= 11 is 0. The van der Waals surface area contributed by atoms with Crippen LogP contribution in [0.15, 0.2) is 48.5 Å². The molecule has 0 aliphatic carbocycles. The SMILES string of the molecule is O=C(N[C@@H](C(=O)O)c1ccccc1)c1cc([N+](=O)[O-])cc([N+](=O)[O-])c1. The molecule has 2 N–H and O–H groups in total. The maximum atomic E-state index is 12.3. The Labute approximate surface area is 140 Å². The fraction of sp³-hybridized carbons (Fsp3) is 0.0667. The summed E-state index contributed by atoms with van der Waals surface area (Å²) < 4.78 is 0. The zero-order valence-corrected chi connectivity index (χ0v) is 12.5. The van der Waals surface area contributed by atoms with Crippen molar-refractivity contribution in [2.45, 2.75) is 6.04 Å². The standard InChI is InChI=1S/C15H11N3O7/c19-14(16-13(15(20)21)9-4-2-1-3-5-9)10-6-11(17(22)23)8-12(7-10)18(24)25/h1-8,13H,(H,16,19)(H,20,21)/t13-/m1/s1. The summed E-state index contributed by atoms with van der Waals surface area (Å²) in [6, 6.07) is 8.76. The van der Waals surface area contributed by atoms with E-state index in [0.717, 1.165) is 12.1 Å². The van der Waals surface area contributed by atoms with Crippen molar-refractivity contribution in [1.82, 2.24) is 5.32 Å². The summed E-state index contributed by atoms with van der Waals surface area (Å²) in [6.07, 6.45) is 0. The van der Waals surface area contributed by atoms with Crippen molar-refractivity contribution in [2.75, 3.05) is 0 Å². The van der Waals surface area contributed by atoms with Gasteiger partial charge in [-0.1, -0.05) is 30.3 Å². The Morgan fingerprint density at radius 3 is 1.92 bits per heavy atom. The van der Waals surface area contributed by atoms with Gasteiger partial charge >= 0.3 is 5.97 Å². The summed E-state index contributed by atoms with van der Waals surface area (Å²) in [5.74, 6) is -2.33. The number of benzene rings is 2. The average molecular weight is 345 g/mol. The molecular weight excluding hydrogens is 334 g/mol. The molecule has 0 aliphatic rings. The summed E-state index contributed by atoms with van der Waals surface area (Å²) in [5.41, 5.74) is -1.40. The zero-order chi connectivity index (χ0) is 18.6. The molecule has 2 aromatic carbocycles. The summed E-state index contributed by atoms with van der Waals surface area (Å²) in [7, 11) is 0. The minimum atomic E-state index is -1.41. The average Bonchev–Trinajstić information content (AvgIpc) is 2.59. The predicted molar refractivity (Wildman–Crippen MR) is 84.0 cm³/mol. The number of carboxylic acid groups (broad SMARTS) is 1. The van der Waals surface area contributed by atoms with Gasteiger partial charge in [0.25, 0.3) is 17.3 Å². The van der Waals surface area contributed by atoms with Crippen molar-refractivity contribution in [3.63, 3.8) is 0 Å². The Morgan fingerprint density at radius 2 is 1.48 bits per heavy atom. The lowest BCUT2D eigenvalue weighted by atomic mass is 10.1. The van der Waals surface area contributed by atoms with Gasteiger partial charge in [0.2, 0.25) is 0 Å². The number of hydrogen-bond donors (Lipinski definition) is 2. The lowest BCUT2D eigenvalue weighted by Gasteiger charge is -2.14. The zero-order valence-electron chi connectivity index (χ0n) is 12.5. The minimum Gasteiger partial charge on any atom is -0.479 e. The fourth-order valence-electron chi connectivity index (χ4n) is 2.08. The number of nitro benzene ring substituents is 2. The van der Waals surface area contributed by atoms with Crippen LogP contribution in [0.3, 0.4) is 0 Å². The second kappa shape index (κ2) is 7.17. The molecule has 1 amide bonds. The number of amides is 1. The van der Waals surface area contributed by atoms with Crippen LogP contribution in [0.25, 0.3) is 0 Å². The van der Waals surface area contributed by atoms with Crippen molar-refractivity contribution in [2.24, 2.45) is 0 Å². The van der Waals surface area contributed by atoms with Crippen LogP contribution in [-0.4, -0.2) is 26.8 Å². The second-order valence-electron chi connectivity index (χ2n) is 4.91. The fourth-order valence-corrected chi connectivity index (χ4v) is 2.08. The molecular formula is C15H11N3O7. The number of nitro groups is 2. The number of nitrogens with zero attached hydrogens (tertiary/aromatic N) is 2. The Kier molecular flexibility index (Phi) is 5.03. The molecule has 0 saturated carbocycles. The molecule has 10 nitrogen and oxygen atoms in total. The third-order valence-electron chi connectivity index (χ3n) is 3.24. The van der Waals surface area contributed by atoms with E-state index in [2.05, 4.69) is 5.32 Å². The summed E-state index contributed by atoms with van der Waals surface area (Å²) in [6.45, 7) is 0. The Balaban J connectivity index is 2.37. The quantitative estimate of drug-likeness (QED) is 0.600. The van der Waals surface area contributed by atoms with Crippen LogP contribution in [-0.2, 0) is 4.79 Å². The maximum Gasteiger partial charge on any atom is 0.330 e. The smallest absolute Gasteiger partial charge is 0.330 e. The third-order valence-corrected chi connectivity index (χ3v) is 3.24. The van der Waals surface area contributed by atoms with Gasteiger partial charge in [-0.25, -0.2) is 4.79 Å². The molecule has 0 aliphatic heterocycles. The van der Waals surface area contributed by atoms with Crippen LogP contribution < -0.4 is 5.32 Å². The first-order chi connectivity index (χ1) is 11.8. The van der Waals surface area contributed by atoms with E-state index in [4.69, 9.17) is 0 Å². The molecule has 0 aromatic heterocycles. The first-order valence-electron chi connectivity index (χ1n) is 6.82. The molecule has 0 saturated heterocycles. The highest BCUT2D eigenvalue weighted by Gasteiger charge is 2.25. The molecule has 1 atom stereocenters. The monoisotopic (exact) mass is 345 g/mol. The number of nitrogens with one attached hydrogen (secondary N) is 1. The molecule has 2 rings (SSSR count). The van der Waals surface area contributed by atoms with Crippen molar-refractivity contribution in [3.05, 3.63) is 79.9 Å². The van der Waals surface area contributed by atoms with E-state index in [9.17, 15) is 34.9 Å². The van der Waals surface area contributed by atoms with E-state index in [1.807, 2.05) is 0 Å².